The van der Waals surface area contributed by atoms with Crippen LogP contribution in [0.3, 0.4) is 0 Å². The highest BCUT2D eigenvalue weighted by molar-refractivity contribution is 5.94. The Bertz CT molecular complexity index is 514. The molecule has 1 atom stereocenters. The minimum absolute atomic E-state index is 0.152. The number of hydrogen-bond donors (Lipinski definition) is 0. The highest BCUT2D eigenvalue weighted by Gasteiger charge is 2.36. The number of rotatable bonds is 4. The lowest BCUT2D eigenvalue weighted by Gasteiger charge is -2.25. The molecule has 1 aliphatic carbocycles. The number of pyridine rings is 1. The highest BCUT2D eigenvalue weighted by Crippen LogP contribution is 2.30. The van der Waals surface area contributed by atoms with Crippen LogP contribution in [-0.4, -0.2) is 41.6 Å². The molecule has 20 heavy (non-hydrogen) atoms. The second-order valence-electron chi connectivity index (χ2n) is 5.38. The van der Waals surface area contributed by atoms with Crippen molar-refractivity contribution in [3.63, 3.8) is 0 Å². The van der Waals surface area contributed by atoms with Crippen LogP contribution in [0.2, 0.25) is 0 Å². The second-order valence-corrected chi connectivity index (χ2v) is 5.38. The van der Waals surface area contributed by atoms with E-state index in [2.05, 4.69) is 4.98 Å². The minimum Gasteiger partial charge on any atom is -0.381 e. The van der Waals surface area contributed by atoms with Gasteiger partial charge in [-0.05, 0) is 25.3 Å². The molecule has 2 aliphatic rings. The van der Waals surface area contributed by atoms with Gasteiger partial charge in [0.15, 0.2) is 5.82 Å². The zero-order valence-corrected chi connectivity index (χ0v) is 11.0. The minimum atomic E-state index is -1.23. The van der Waals surface area contributed by atoms with Crippen LogP contribution in [-0.2, 0) is 4.74 Å². The fraction of sp³-hybridized carbons (Fsp3) is 0.571. The number of carbonyl (C=O) groups is 1. The van der Waals surface area contributed by atoms with Gasteiger partial charge in [-0.2, -0.15) is 4.39 Å². The van der Waals surface area contributed by atoms with Gasteiger partial charge in [-0.1, -0.05) is 0 Å². The van der Waals surface area contributed by atoms with Crippen LogP contribution in [0.5, 0.6) is 0 Å². The molecule has 0 N–H and O–H groups in total. The molecule has 1 saturated heterocycles. The summed E-state index contributed by atoms with van der Waals surface area (Å²) in [6.07, 6.45) is 3.88. The zero-order valence-electron chi connectivity index (χ0n) is 11.0. The predicted molar refractivity (Wildman–Crippen MR) is 67.1 cm³/mol. The topological polar surface area (TPSA) is 42.4 Å². The summed E-state index contributed by atoms with van der Waals surface area (Å²) in [4.78, 5) is 17.3. The third-order valence-electron chi connectivity index (χ3n) is 3.80. The van der Waals surface area contributed by atoms with Gasteiger partial charge in [-0.3, -0.25) is 4.79 Å². The zero-order chi connectivity index (χ0) is 14.1. The Morgan fingerprint density at radius 1 is 1.40 bits per heavy atom. The van der Waals surface area contributed by atoms with Crippen LogP contribution in [0.4, 0.5) is 8.78 Å². The molecule has 0 spiro atoms. The molecule has 6 heteroatoms. The van der Waals surface area contributed by atoms with Crippen molar-refractivity contribution in [3.8, 4) is 0 Å². The third-order valence-corrected chi connectivity index (χ3v) is 3.80. The first kappa shape index (κ1) is 13.4. The standard InChI is InChI=1S/C14H16F2N2O2/c15-12-11(3-5-17-13(12)16)14(19)18(10-1-2-10)7-9-4-6-20-8-9/h3,5,9-10H,1-2,4,6-8H2. The first-order valence-electron chi connectivity index (χ1n) is 6.85. The summed E-state index contributed by atoms with van der Waals surface area (Å²) < 4.78 is 32.2. The molecule has 4 nitrogen and oxygen atoms in total. The average Bonchev–Trinajstić information content (AvgIpc) is 3.15. The average molecular weight is 282 g/mol. The summed E-state index contributed by atoms with van der Waals surface area (Å²) in [5.41, 5.74) is -0.233. The maximum atomic E-state index is 13.7. The Morgan fingerprint density at radius 3 is 2.85 bits per heavy atom. The lowest BCUT2D eigenvalue weighted by molar-refractivity contribution is 0.0700. The maximum Gasteiger partial charge on any atom is 0.257 e. The summed E-state index contributed by atoms with van der Waals surface area (Å²) in [6, 6.07) is 1.39. The third kappa shape index (κ3) is 2.65. The van der Waals surface area contributed by atoms with Gasteiger partial charge in [-0.25, -0.2) is 9.37 Å². The van der Waals surface area contributed by atoms with Crippen molar-refractivity contribution in [1.29, 1.82) is 0 Å². The summed E-state index contributed by atoms with van der Waals surface area (Å²) in [5.74, 6) is -2.55. The number of nitrogens with zero attached hydrogens (tertiary/aromatic N) is 2. The molecule has 1 aliphatic heterocycles. The molecule has 108 valence electrons. The van der Waals surface area contributed by atoms with Crippen molar-refractivity contribution >= 4 is 5.91 Å². The summed E-state index contributed by atoms with van der Waals surface area (Å²) in [5, 5.41) is 0. The van der Waals surface area contributed by atoms with Gasteiger partial charge in [0.25, 0.3) is 5.91 Å². The lowest BCUT2D eigenvalue weighted by Crippen LogP contribution is -2.38. The fourth-order valence-corrected chi connectivity index (χ4v) is 2.53. The van der Waals surface area contributed by atoms with Gasteiger partial charge in [0.05, 0.1) is 12.2 Å². The molecule has 1 aromatic rings. The van der Waals surface area contributed by atoms with E-state index in [0.717, 1.165) is 25.5 Å². The molecule has 1 amide bonds. The maximum absolute atomic E-state index is 13.7. The fourth-order valence-electron chi connectivity index (χ4n) is 2.53. The van der Waals surface area contributed by atoms with Crippen LogP contribution in [0.25, 0.3) is 0 Å². The molecular weight excluding hydrogens is 266 g/mol. The highest BCUT2D eigenvalue weighted by atomic mass is 19.2. The number of carbonyl (C=O) groups excluding carboxylic acids is 1. The van der Waals surface area contributed by atoms with E-state index >= 15 is 0 Å². The van der Waals surface area contributed by atoms with Gasteiger partial charge >= 0.3 is 0 Å². The van der Waals surface area contributed by atoms with Crippen molar-refractivity contribution in [2.75, 3.05) is 19.8 Å². The number of amides is 1. The quantitative estimate of drug-likeness (QED) is 0.793. The summed E-state index contributed by atoms with van der Waals surface area (Å²) >= 11 is 0. The molecular formula is C14H16F2N2O2. The lowest BCUT2D eigenvalue weighted by atomic mass is 10.1. The van der Waals surface area contributed by atoms with E-state index < -0.39 is 17.7 Å². The number of halogens is 2. The van der Waals surface area contributed by atoms with Crippen molar-refractivity contribution in [3.05, 3.63) is 29.6 Å². The number of aromatic nitrogens is 1. The Balaban J connectivity index is 1.79. The molecule has 1 saturated carbocycles. The summed E-state index contributed by atoms with van der Waals surface area (Å²) in [7, 11) is 0. The van der Waals surface area contributed by atoms with E-state index in [-0.39, 0.29) is 17.5 Å². The molecule has 0 aromatic carbocycles. The molecule has 2 fully saturated rings. The first-order valence-corrected chi connectivity index (χ1v) is 6.85. The first-order chi connectivity index (χ1) is 9.66. The van der Waals surface area contributed by atoms with E-state index in [1.807, 2.05) is 0 Å². The monoisotopic (exact) mass is 282 g/mol. The van der Waals surface area contributed by atoms with Crippen LogP contribution in [0, 0.1) is 17.7 Å². The van der Waals surface area contributed by atoms with Crippen molar-refractivity contribution < 1.29 is 18.3 Å². The smallest absolute Gasteiger partial charge is 0.257 e. The van der Waals surface area contributed by atoms with Crippen molar-refractivity contribution in [1.82, 2.24) is 9.88 Å². The van der Waals surface area contributed by atoms with Crippen LogP contribution in [0.1, 0.15) is 29.6 Å². The van der Waals surface area contributed by atoms with Crippen LogP contribution >= 0.6 is 0 Å². The predicted octanol–water partition coefficient (Wildman–Crippen LogP) is 2.00. The molecule has 0 radical (unpaired) electrons. The second kappa shape index (κ2) is 5.44. The number of hydrogen-bond acceptors (Lipinski definition) is 3. The molecule has 1 aromatic heterocycles. The Hall–Kier alpha value is -1.56. The van der Waals surface area contributed by atoms with Crippen molar-refractivity contribution in [2.45, 2.75) is 25.3 Å². The number of ether oxygens (including phenoxy) is 1. The molecule has 3 rings (SSSR count). The Morgan fingerprint density at radius 2 is 2.20 bits per heavy atom. The van der Waals surface area contributed by atoms with E-state index in [4.69, 9.17) is 4.74 Å². The van der Waals surface area contributed by atoms with Gasteiger partial charge in [0.2, 0.25) is 5.95 Å². The van der Waals surface area contributed by atoms with Gasteiger partial charge in [0, 0.05) is 31.3 Å². The van der Waals surface area contributed by atoms with E-state index in [1.54, 1.807) is 4.90 Å². The van der Waals surface area contributed by atoms with Crippen LogP contribution < -0.4 is 0 Å². The Labute approximate surface area is 115 Å². The molecule has 1 unspecified atom stereocenters. The SMILES string of the molecule is O=C(c1ccnc(F)c1F)N(CC1CCOC1)C1CC1. The van der Waals surface area contributed by atoms with Gasteiger partial charge in [-0.15, -0.1) is 0 Å². The van der Waals surface area contributed by atoms with Gasteiger partial charge < -0.3 is 9.64 Å². The molecule has 0 bridgehead atoms. The Kier molecular flexibility index (Phi) is 3.65. The largest absolute Gasteiger partial charge is 0.381 e. The van der Waals surface area contributed by atoms with E-state index in [0.29, 0.717) is 19.8 Å². The van der Waals surface area contributed by atoms with Gasteiger partial charge in [0.1, 0.15) is 0 Å². The van der Waals surface area contributed by atoms with E-state index in [1.165, 1.54) is 6.07 Å². The van der Waals surface area contributed by atoms with Crippen LogP contribution in [0.15, 0.2) is 12.3 Å². The van der Waals surface area contributed by atoms with E-state index in [9.17, 15) is 13.6 Å². The summed E-state index contributed by atoms with van der Waals surface area (Å²) in [6.45, 7) is 1.88. The molecule has 2 heterocycles. The normalized spacial score (nSPS) is 22.0. The van der Waals surface area contributed by atoms with Crippen molar-refractivity contribution in [2.24, 2.45) is 5.92 Å².